The first-order valence-electron chi connectivity index (χ1n) is 5.35. The molecule has 1 aliphatic rings. The quantitative estimate of drug-likeness (QED) is 0.727. The summed E-state index contributed by atoms with van der Waals surface area (Å²) in [5.74, 6) is -0.496. The third-order valence-electron chi connectivity index (χ3n) is 2.57. The topological polar surface area (TPSA) is 58.2 Å². The van der Waals surface area contributed by atoms with E-state index in [1.165, 1.54) is 41.5 Å². The summed E-state index contributed by atoms with van der Waals surface area (Å²) in [4.78, 5) is 24.3. The maximum Gasteiger partial charge on any atom is 0.279 e. The number of rotatable bonds is 1. The molecule has 0 saturated heterocycles. The van der Waals surface area contributed by atoms with Crippen molar-refractivity contribution in [3.8, 4) is 0 Å². The molecule has 0 aliphatic heterocycles. The number of amides is 2. The average Bonchev–Trinajstić information content (AvgIpc) is 2.69. The molecule has 2 rings (SSSR count). The number of fused-ring (bicyclic) bond motifs is 1. The van der Waals surface area contributed by atoms with Crippen LogP contribution >= 0.6 is 11.3 Å². The van der Waals surface area contributed by atoms with Gasteiger partial charge in [-0.1, -0.05) is 0 Å². The van der Waals surface area contributed by atoms with Crippen molar-refractivity contribution in [3.05, 3.63) is 21.4 Å². The van der Waals surface area contributed by atoms with E-state index in [-0.39, 0.29) is 11.8 Å². The normalized spacial score (nSPS) is 14.1. The van der Waals surface area contributed by atoms with Gasteiger partial charge in [-0.05, 0) is 37.3 Å². The molecule has 0 atom stereocenters. The second kappa shape index (κ2) is 4.65. The number of nitrogens with one attached hydrogen (secondary N) is 2. The molecule has 86 valence electrons. The number of aryl methyl sites for hydroxylation is 2. The fraction of sp³-hybridized carbons (Fsp3) is 0.455. The molecule has 1 heterocycles. The highest BCUT2D eigenvalue weighted by Gasteiger charge is 2.16. The number of thiophene rings is 1. The number of carbonyl (C=O) groups is 2. The molecule has 1 aromatic heterocycles. The second-order valence-electron chi connectivity index (χ2n) is 3.90. The van der Waals surface area contributed by atoms with Crippen molar-refractivity contribution in [2.24, 2.45) is 0 Å². The third-order valence-corrected chi connectivity index (χ3v) is 3.81. The number of hydrogen-bond donors (Lipinski definition) is 2. The summed E-state index contributed by atoms with van der Waals surface area (Å²) < 4.78 is 0. The Bertz CT molecular complexity index is 402. The molecule has 0 aromatic carbocycles. The zero-order chi connectivity index (χ0) is 11.5. The van der Waals surface area contributed by atoms with Gasteiger partial charge in [0.2, 0.25) is 5.91 Å². The van der Waals surface area contributed by atoms with Crippen LogP contribution in [0.15, 0.2) is 6.07 Å². The molecular weight excluding hydrogens is 224 g/mol. The van der Waals surface area contributed by atoms with E-state index in [0.29, 0.717) is 4.88 Å². The van der Waals surface area contributed by atoms with Gasteiger partial charge in [0.15, 0.2) is 0 Å². The van der Waals surface area contributed by atoms with Gasteiger partial charge in [0.25, 0.3) is 5.91 Å². The predicted octanol–water partition coefficient (Wildman–Crippen LogP) is 1.41. The van der Waals surface area contributed by atoms with Crippen molar-refractivity contribution >= 4 is 23.2 Å². The Morgan fingerprint density at radius 3 is 2.69 bits per heavy atom. The van der Waals surface area contributed by atoms with Crippen LogP contribution < -0.4 is 10.9 Å². The van der Waals surface area contributed by atoms with Gasteiger partial charge in [0, 0.05) is 11.8 Å². The molecule has 16 heavy (non-hydrogen) atoms. The van der Waals surface area contributed by atoms with Crippen LogP contribution in [0.4, 0.5) is 0 Å². The van der Waals surface area contributed by atoms with E-state index in [4.69, 9.17) is 0 Å². The summed E-state index contributed by atoms with van der Waals surface area (Å²) in [5, 5.41) is 0. The highest BCUT2D eigenvalue weighted by atomic mass is 32.1. The number of hydrogen-bond acceptors (Lipinski definition) is 3. The number of hydrazine groups is 1. The van der Waals surface area contributed by atoms with Crippen molar-refractivity contribution in [2.75, 3.05) is 0 Å². The lowest BCUT2D eigenvalue weighted by atomic mass is 9.99. The van der Waals surface area contributed by atoms with Crippen molar-refractivity contribution in [3.63, 3.8) is 0 Å². The van der Waals surface area contributed by atoms with E-state index >= 15 is 0 Å². The van der Waals surface area contributed by atoms with Gasteiger partial charge in [0.05, 0.1) is 4.88 Å². The van der Waals surface area contributed by atoms with E-state index in [2.05, 4.69) is 10.9 Å². The molecule has 5 heteroatoms. The minimum absolute atomic E-state index is 0.227. The minimum Gasteiger partial charge on any atom is -0.274 e. The van der Waals surface area contributed by atoms with E-state index in [0.717, 1.165) is 12.8 Å². The van der Waals surface area contributed by atoms with Crippen LogP contribution in [0.5, 0.6) is 0 Å². The zero-order valence-electron chi connectivity index (χ0n) is 9.13. The maximum absolute atomic E-state index is 11.7. The largest absolute Gasteiger partial charge is 0.279 e. The lowest BCUT2D eigenvalue weighted by Gasteiger charge is -2.08. The zero-order valence-corrected chi connectivity index (χ0v) is 9.95. The molecule has 0 bridgehead atoms. The highest BCUT2D eigenvalue weighted by molar-refractivity contribution is 7.14. The average molecular weight is 238 g/mol. The number of carbonyl (C=O) groups excluding carboxylic acids is 2. The fourth-order valence-corrected chi connectivity index (χ4v) is 2.96. The first-order chi connectivity index (χ1) is 7.66. The molecule has 4 nitrogen and oxygen atoms in total. The smallest absolute Gasteiger partial charge is 0.274 e. The van der Waals surface area contributed by atoms with Crippen molar-refractivity contribution in [2.45, 2.75) is 32.6 Å². The van der Waals surface area contributed by atoms with Crippen LogP contribution in [0.3, 0.4) is 0 Å². The molecule has 2 N–H and O–H groups in total. The Kier molecular flexibility index (Phi) is 3.24. The van der Waals surface area contributed by atoms with Gasteiger partial charge in [-0.15, -0.1) is 11.3 Å². The summed E-state index contributed by atoms with van der Waals surface area (Å²) in [6.07, 6.45) is 4.56. The van der Waals surface area contributed by atoms with Gasteiger partial charge in [-0.25, -0.2) is 0 Å². The Balaban J connectivity index is 2.06. The fourth-order valence-electron chi connectivity index (χ4n) is 1.81. The van der Waals surface area contributed by atoms with Gasteiger partial charge >= 0.3 is 0 Å². The maximum atomic E-state index is 11.7. The molecule has 1 aliphatic carbocycles. The summed E-state index contributed by atoms with van der Waals surface area (Å²) in [6, 6.07) is 1.94. The van der Waals surface area contributed by atoms with Crippen LogP contribution in [0.1, 0.15) is 39.9 Å². The van der Waals surface area contributed by atoms with Crippen LogP contribution in [0.25, 0.3) is 0 Å². The molecule has 0 fully saturated rings. The molecule has 0 unspecified atom stereocenters. The van der Waals surface area contributed by atoms with Crippen LogP contribution in [-0.4, -0.2) is 11.8 Å². The molecule has 2 amide bonds. The predicted molar refractivity (Wildman–Crippen MR) is 62.2 cm³/mol. The van der Waals surface area contributed by atoms with E-state index in [1.54, 1.807) is 0 Å². The lowest BCUT2D eigenvalue weighted by Crippen LogP contribution is -2.39. The van der Waals surface area contributed by atoms with E-state index in [9.17, 15) is 9.59 Å². The Hall–Kier alpha value is -1.36. The Morgan fingerprint density at radius 1 is 1.25 bits per heavy atom. The van der Waals surface area contributed by atoms with Gasteiger partial charge in [-0.3, -0.25) is 20.4 Å². The monoisotopic (exact) mass is 238 g/mol. The Morgan fingerprint density at radius 2 is 2.00 bits per heavy atom. The Labute approximate surface area is 98.0 Å². The van der Waals surface area contributed by atoms with Crippen molar-refractivity contribution in [1.82, 2.24) is 10.9 Å². The molecule has 0 radical (unpaired) electrons. The first-order valence-corrected chi connectivity index (χ1v) is 6.17. The molecule has 0 saturated carbocycles. The third kappa shape index (κ3) is 2.41. The molecule has 0 spiro atoms. The first kappa shape index (κ1) is 11.1. The van der Waals surface area contributed by atoms with Crippen molar-refractivity contribution in [1.29, 1.82) is 0 Å². The van der Waals surface area contributed by atoms with Crippen LogP contribution in [-0.2, 0) is 17.6 Å². The minimum atomic E-state index is -0.269. The summed E-state index contributed by atoms with van der Waals surface area (Å²) in [5.41, 5.74) is 5.97. The summed E-state index contributed by atoms with van der Waals surface area (Å²) in [7, 11) is 0. The van der Waals surface area contributed by atoms with E-state index < -0.39 is 0 Å². The SMILES string of the molecule is CC(=O)NNC(=O)c1cc2c(s1)CCCC2. The van der Waals surface area contributed by atoms with Gasteiger partial charge < -0.3 is 0 Å². The van der Waals surface area contributed by atoms with E-state index in [1.807, 2.05) is 6.07 Å². The van der Waals surface area contributed by atoms with Crippen molar-refractivity contribution < 1.29 is 9.59 Å². The second-order valence-corrected chi connectivity index (χ2v) is 5.04. The van der Waals surface area contributed by atoms with Crippen LogP contribution in [0.2, 0.25) is 0 Å². The van der Waals surface area contributed by atoms with Gasteiger partial charge in [0.1, 0.15) is 0 Å². The lowest BCUT2D eigenvalue weighted by molar-refractivity contribution is -0.119. The molecular formula is C11H14N2O2S. The van der Waals surface area contributed by atoms with Crippen LogP contribution in [0, 0.1) is 0 Å². The summed E-state index contributed by atoms with van der Waals surface area (Å²) in [6.45, 7) is 1.36. The molecule has 1 aromatic rings. The summed E-state index contributed by atoms with van der Waals surface area (Å²) >= 11 is 1.53. The highest BCUT2D eigenvalue weighted by Crippen LogP contribution is 2.29. The standard InChI is InChI=1S/C11H14N2O2S/c1-7(14)12-13-11(15)10-6-8-4-2-3-5-9(8)16-10/h6H,2-5H2,1H3,(H,12,14)(H,13,15). The van der Waals surface area contributed by atoms with Gasteiger partial charge in [-0.2, -0.15) is 0 Å².